The molecule has 21 heavy (non-hydrogen) atoms. The average Bonchev–Trinajstić information content (AvgIpc) is 2.98. The summed E-state index contributed by atoms with van der Waals surface area (Å²) in [5.74, 6) is -0.0724. The van der Waals surface area contributed by atoms with Crippen molar-refractivity contribution in [1.82, 2.24) is 5.32 Å². The van der Waals surface area contributed by atoms with Crippen LogP contribution in [-0.4, -0.2) is 11.8 Å². The molecule has 4 atom stereocenters. The molecule has 3 aliphatic rings. The van der Waals surface area contributed by atoms with Crippen LogP contribution in [0, 0.1) is 23.1 Å². The summed E-state index contributed by atoms with van der Waals surface area (Å²) in [6.07, 6.45) is 4.75. The highest BCUT2D eigenvalue weighted by molar-refractivity contribution is 6.02. The van der Waals surface area contributed by atoms with Crippen molar-refractivity contribution in [2.45, 2.75) is 38.0 Å². The number of rotatable bonds is 1. The highest BCUT2D eigenvalue weighted by atomic mass is 19.1. The summed E-state index contributed by atoms with van der Waals surface area (Å²) in [5.41, 5.74) is 0.434. The minimum absolute atomic E-state index is 0.166. The summed E-state index contributed by atoms with van der Waals surface area (Å²) in [4.78, 5) is 24.4. The van der Waals surface area contributed by atoms with Crippen LogP contribution in [0.4, 0.5) is 4.39 Å². The first-order valence-electron chi connectivity index (χ1n) is 7.68. The molecule has 2 amide bonds. The zero-order valence-electron chi connectivity index (χ0n) is 11.8. The fourth-order valence-electron chi connectivity index (χ4n) is 5.14. The maximum atomic E-state index is 13.6. The van der Waals surface area contributed by atoms with Crippen LogP contribution in [0.2, 0.25) is 0 Å². The van der Waals surface area contributed by atoms with Gasteiger partial charge in [0.25, 0.3) is 0 Å². The van der Waals surface area contributed by atoms with Crippen LogP contribution in [0.5, 0.6) is 0 Å². The summed E-state index contributed by atoms with van der Waals surface area (Å²) < 4.78 is 13.6. The van der Waals surface area contributed by atoms with Gasteiger partial charge in [-0.05, 0) is 54.2 Å². The lowest BCUT2D eigenvalue weighted by molar-refractivity contribution is -0.142. The van der Waals surface area contributed by atoms with E-state index in [0.29, 0.717) is 23.8 Å². The Labute approximate surface area is 122 Å². The predicted molar refractivity (Wildman–Crippen MR) is 74.8 cm³/mol. The van der Waals surface area contributed by atoms with Crippen LogP contribution in [0.3, 0.4) is 0 Å². The Kier molecular flexibility index (Phi) is 2.72. The minimum Gasteiger partial charge on any atom is -0.296 e. The molecule has 4 heteroatoms. The SMILES string of the molecule is O=C1CC2(CC3CCC2C3)C(c2cccc(F)c2)C(=O)N1. The van der Waals surface area contributed by atoms with Crippen molar-refractivity contribution in [2.75, 3.05) is 0 Å². The first-order valence-corrected chi connectivity index (χ1v) is 7.68. The van der Waals surface area contributed by atoms with E-state index in [2.05, 4.69) is 5.32 Å². The summed E-state index contributed by atoms with van der Waals surface area (Å²) in [7, 11) is 0. The van der Waals surface area contributed by atoms with Crippen LogP contribution in [-0.2, 0) is 9.59 Å². The zero-order valence-corrected chi connectivity index (χ0v) is 11.8. The maximum Gasteiger partial charge on any atom is 0.234 e. The number of hydrogen-bond acceptors (Lipinski definition) is 2. The van der Waals surface area contributed by atoms with Crippen LogP contribution < -0.4 is 5.32 Å². The second-order valence-corrected chi connectivity index (χ2v) is 6.89. The number of fused-ring (bicyclic) bond motifs is 3. The molecule has 1 aliphatic heterocycles. The molecule has 0 aromatic heterocycles. The maximum absolute atomic E-state index is 13.6. The second kappa shape index (κ2) is 4.39. The van der Waals surface area contributed by atoms with E-state index >= 15 is 0 Å². The zero-order chi connectivity index (χ0) is 14.6. The Hall–Kier alpha value is -1.71. The standard InChI is InChI=1S/C17H18FNO2/c18-13-3-1-2-11(7-13)15-16(21)19-14(20)9-17(15)8-10-4-5-12(17)6-10/h1-3,7,10,12,15H,4-6,8-9H2,(H,19,20,21). The lowest BCUT2D eigenvalue weighted by Crippen LogP contribution is -2.52. The highest BCUT2D eigenvalue weighted by Crippen LogP contribution is 2.64. The molecule has 2 aliphatic carbocycles. The van der Waals surface area contributed by atoms with Crippen molar-refractivity contribution in [3.05, 3.63) is 35.6 Å². The Balaban J connectivity index is 1.81. The third kappa shape index (κ3) is 1.84. The van der Waals surface area contributed by atoms with Gasteiger partial charge in [-0.1, -0.05) is 18.6 Å². The number of carbonyl (C=O) groups excluding carboxylic acids is 2. The first kappa shape index (κ1) is 13.0. The van der Waals surface area contributed by atoms with Crippen molar-refractivity contribution < 1.29 is 14.0 Å². The fraction of sp³-hybridized carbons (Fsp3) is 0.529. The van der Waals surface area contributed by atoms with Gasteiger partial charge in [0.15, 0.2) is 0 Å². The second-order valence-electron chi connectivity index (χ2n) is 6.89. The molecule has 3 nitrogen and oxygen atoms in total. The third-order valence-corrected chi connectivity index (χ3v) is 5.79. The van der Waals surface area contributed by atoms with E-state index in [4.69, 9.17) is 0 Å². The van der Waals surface area contributed by atoms with Crippen LogP contribution in [0.25, 0.3) is 0 Å². The minimum atomic E-state index is -0.388. The van der Waals surface area contributed by atoms with Crippen molar-refractivity contribution in [3.63, 3.8) is 0 Å². The summed E-state index contributed by atoms with van der Waals surface area (Å²) in [6, 6.07) is 6.31. The van der Waals surface area contributed by atoms with Gasteiger partial charge in [0.05, 0.1) is 5.92 Å². The van der Waals surface area contributed by atoms with Crippen LogP contribution >= 0.6 is 0 Å². The third-order valence-electron chi connectivity index (χ3n) is 5.79. The van der Waals surface area contributed by atoms with E-state index in [9.17, 15) is 14.0 Å². The summed E-state index contributed by atoms with van der Waals surface area (Å²) in [6.45, 7) is 0. The monoisotopic (exact) mass is 287 g/mol. The van der Waals surface area contributed by atoms with E-state index in [-0.39, 0.29) is 29.0 Å². The highest BCUT2D eigenvalue weighted by Gasteiger charge is 2.59. The Morgan fingerprint density at radius 1 is 1.24 bits per heavy atom. The molecule has 1 heterocycles. The number of halogens is 1. The number of benzene rings is 1. The van der Waals surface area contributed by atoms with Gasteiger partial charge in [0, 0.05) is 6.42 Å². The molecule has 110 valence electrons. The molecule has 2 saturated carbocycles. The predicted octanol–water partition coefficient (Wildman–Crippen LogP) is 2.76. The molecule has 0 radical (unpaired) electrons. The van der Waals surface area contributed by atoms with Crippen LogP contribution in [0.15, 0.2) is 24.3 Å². The van der Waals surface area contributed by atoms with E-state index < -0.39 is 0 Å². The molecular formula is C17H18FNO2. The molecule has 1 aromatic rings. The number of carbonyl (C=O) groups is 2. The Morgan fingerprint density at radius 2 is 2.10 bits per heavy atom. The smallest absolute Gasteiger partial charge is 0.234 e. The van der Waals surface area contributed by atoms with Crippen molar-refractivity contribution in [2.24, 2.45) is 17.3 Å². The van der Waals surface area contributed by atoms with E-state index in [1.165, 1.54) is 18.6 Å². The number of imide groups is 1. The lowest BCUT2D eigenvalue weighted by Gasteiger charge is -2.46. The molecule has 1 spiro atoms. The molecule has 1 aromatic carbocycles. The fourth-order valence-corrected chi connectivity index (χ4v) is 5.14. The van der Waals surface area contributed by atoms with Crippen molar-refractivity contribution in [1.29, 1.82) is 0 Å². The lowest BCUT2D eigenvalue weighted by atomic mass is 9.59. The Morgan fingerprint density at radius 3 is 2.76 bits per heavy atom. The van der Waals surface area contributed by atoms with Gasteiger partial charge in [-0.2, -0.15) is 0 Å². The average molecular weight is 287 g/mol. The number of nitrogens with one attached hydrogen (secondary N) is 1. The number of piperidine rings is 1. The normalized spacial score (nSPS) is 38.0. The molecule has 1 saturated heterocycles. The molecule has 3 fully saturated rings. The van der Waals surface area contributed by atoms with Gasteiger partial charge in [0.1, 0.15) is 5.82 Å². The summed E-state index contributed by atoms with van der Waals surface area (Å²) >= 11 is 0. The van der Waals surface area contributed by atoms with Gasteiger partial charge in [-0.3, -0.25) is 14.9 Å². The van der Waals surface area contributed by atoms with E-state index in [0.717, 1.165) is 19.3 Å². The Bertz CT molecular complexity index is 629. The van der Waals surface area contributed by atoms with Gasteiger partial charge in [-0.15, -0.1) is 0 Å². The number of amides is 2. The molecule has 2 bridgehead atoms. The quantitative estimate of drug-likeness (QED) is 0.807. The molecule has 4 unspecified atom stereocenters. The first-order chi connectivity index (χ1) is 10.1. The van der Waals surface area contributed by atoms with Gasteiger partial charge >= 0.3 is 0 Å². The van der Waals surface area contributed by atoms with Gasteiger partial charge < -0.3 is 0 Å². The topological polar surface area (TPSA) is 46.2 Å². The molecule has 4 rings (SSSR count). The molecular weight excluding hydrogens is 269 g/mol. The largest absolute Gasteiger partial charge is 0.296 e. The van der Waals surface area contributed by atoms with Crippen molar-refractivity contribution >= 4 is 11.8 Å². The molecule has 1 N–H and O–H groups in total. The van der Waals surface area contributed by atoms with E-state index in [1.807, 2.05) is 6.07 Å². The van der Waals surface area contributed by atoms with Gasteiger partial charge in [0.2, 0.25) is 11.8 Å². The summed E-state index contributed by atoms with van der Waals surface area (Å²) in [5, 5.41) is 2.46. The van der Waals surface area contributed by atoms with Crippen LogP contribution in [0.1, 0.15) is 43.6 Å². The van der Waals surface area contributed by atoms with Gasteiger partial charge in [-0.25, -0.2) is 4.39 Å². The number of hydrogen-bond donors (Lipinski definition) is 1. The van der Waals surface area contributed by atoms with Crippen molar-refractivity contribution in [3.8, 4) is 0 Å². The van der Waals surface area contributed by atoms with E-state index in [1.54, 1.807) is 6.07 Å².